The Labute approximate surface area is 87.7 Å². The fourth-order valence-electron chi connectivity index (χ4n) is 1.87. The quantitative estimate of drug-likeness (QED) is 0.648. The molecule has 0 heterocycles. The number of carbonyl (C=O) groups is 1. The van der Waals surface area contributed by atoms with Crippen LogP contribution in [-0.2, 0) is 4.79 Å². The number of carboxylic acid groups (broad SMARTS) is 1. The lowest BCUT2D eigenvalue weighted by molar-refractivity contribution is -0.137. The highest BCUT2D eigenvalue weighted by molar-refractivity contribution is 5.66. The number of hydrogen-bond acceptors (Lipinski definition) is 1. The Balaban J connectivity index is 3.77. The van der Waals surface area contributed by atoms with E-state index in [-0.39, 0.29) is 0 Å². The Morgan fingerprint density at radius 3 is 2.36 bits per heavy atom. The van der Waals surface area contributed by atoms with E-state index >= 15 is 0 Å². The second-order valence-corrected chi connectivity index (χ2v) is 4.57. The smallest absolute Gasteiger partial charge is 0.303 e. The van der Waals surface area contributed by atoms with Gasteiger partial charge in [-0.3, -0.25) is 4.79 Å². The first kappa shape index (κ1) is 13.5. The van der Waals surface area contributed by atoms with Gasteiger partial charge in [0.1, 0.15) is 0 Å². The zero-order valence-electron chi connectivity index (χ0n) is 9.75. The molecule has 2 heteroatoms. The molecule has 0 saturated carbocycles. The van der Waals surface area contributed by atoms with Crippen molar-refractivity contribution in [1.29, 1.82) is 0 Å². The van der Waals surface area contributed by atoms with Gasteiger partial charge in [-0.1, -0.05) is 40.0 Å². The maximum Gasteiger partial charge on any atom is 0.303 e. The van der Waals surface area contributed by atoms with Gasteiger partial charge in [-0.25, -0.2) is 0 Å². The molecule has 1 atom stereocenters. The van der Waals surface area contributed by atoms with E-state index in [0.717, 1.165) is 6.42 Å². The monoisotopic (exact) mass is 200 g/mol. The fourth-order valence-corrected chi connectivity index (χ4v) is 1.87. The predicted octanol–water partition coefficient (Wildman–Crippen LogP) is 3.70. The van der Waals surface area contributed by atoms with E-state index in [4.69, 9.17) is 5.11 Å². The van der Waals surface area contributed by atoms with Crippen LogP contribution < -0.4 is 0 Å². The van der Waals surface area contributed by atoms with Crippen LogP contribution in [0.15, 0.2) is 0 Å². The van der Waals surface area contributed by atoms with Crippen LogP contribution in [-0.4, -0.2) is 11.1 Å². The van der Waals surface area contributed by atoms with Gasteiger partial charge in [0.05, 0.1) is 0 Å². The summed E-state index contributed by atoms with van der Waals surface area (Å²) >= 11 is 0. The summed E-state index contributed by atoms with van der Waals surface area (Å²) in [4.78, 5) is 10.5. The number of hydrogen-bond donors (Lipinski definition) is 1. The van der Waals surface area contributed by atoms with Crippen molar-refractivity contribution in [2.75, 3.05) is 0 Å². The minimum atomic E-state index is -0.657. The van der Waals surface area contributed by atoms with Gasteiger partial charge in [0, 0.05) is 6.42 Å². The van der Waals surface area contributed by atoms with E-state index in [1.807, 2.05) is 0 Å². The first-order chi connectivity index (χ1) is 6.56. The molecular weight excluding hydrogens is 176 g/mol. The Kier molecular flexibility index (Phi) is 7.54. The van der Waals surface area contributed by atoms with Crippen molar-refractivity contribution in [2.45, 2.75) is 59.3 Å². The molecule has 0 aliphatic carbocycles. The van der Waals surface area contributed by atoms with Crippen LogP contribution in [0.2, 0.25) is 0 Å². The summed E-state index contributed by atoms with van der Waals surface area (Å²) in [5.74, 6) is 0.645. The molecule has 0 spiro atoms. The highest BCUT2D eigenvalue weighted by Crippen LogP contribution is 2.22. The summed E-state index contributed by atoms with van der Waals surface area (Å²) < 4.78 is 0. The van der Waals surface area contributed by atoms with Crippen LogP contribution in [0.1, 0.15) is 59.3 Å². The molecule has 0 saturated heterocycles. The Bertz CT molecular complexity index is 152. The van der Waals surface area contributed by atoms with Crippen molar-refractivity contribution in [1.82, 2.24) is 0 Å². The molecule has 0 bridgehead atoms. The molecule has 0 aliphatic heterocycles. The molecule has 0 fully saturated rings. The zero-order valence-corrected chi connectivity index (χ0v) is 9.75. The van der Waals surface area contributed by atoms with Gasteiger partial charge in [0.2, 0.25) is 0 Å². The average molecular weight is 200 g/mol. The molecule has 0 aliphatic rings. The van der Waals surface area contributed by atoms with Gasteiger partial charge in [-0.2, -0.15) is 0 Å². The Morgan fingerprint density at radius 1 is 1.29 bits per heavy atom. The van der Waals surface area contributed by atoms with E-state index in [1.165, 1.54) is 25.7 Å². The van der Waals surface area contributed by atoms with Crippen molar-refractivity contribution >= 4 is 5.97 Å². The number of carboxylic acids is 1. The first-order valence-corrected chi connectivity index (χ1v) is 5.78. The third-order valence-corrected chi connectivity index (χ3v) is 2.54. The fraction of sp³-hybridized carbons (Fsp3) is 0.917. The van der Waals surface area contributed by atoms with Crippen LogP contribution in [0, 0.1) is 11.8 Å². The van der Waals surface area contributed by atoms with Gasteiger partial charge in [0.25, 0.3) is 0 Å². The normalized spacial score (nSPS) is 13.1. The topological polar surface area (TPSA) is 37.3 Å². The lowest BCUT2D eigenvalue weighted by atomic mass is 9.89. The number of aliphatic carboxylic acids is 1. The van der Waals surface area contributed by atoms with E-state index in [2.05, 4.69) is 20.8 Å². The highest BCUT2D eigenvalue weighted by atomic mass is 16.4. The van der Waals surface area contributed by atoms with Crippen LogP contribution in [0.3, 0.4) is 0 Å². The van der Waals surface area contributed by atoms with E-state index < -0.39 is 5.97 Å². The third-order valence-electron chi connectivity index (χ3n) is 2.54. The standard InChI is InChI=1S/C12H24O2/c1-4-5-6-11(9-10(2)3)7-8-12(13)14/h10-11H,4-9H2,1-3H3,(H,13,14). The van der Waals surface area contributed by atoms with E-state index in [1.54, 1.807) is 0 Å². The third kappa shape index (κ3) is 8.09. The van der Waals surface area contributed by atoms with Gasteiger partial charge < -0.3 is 5.11 Å². The van der Waals surface area contributed by atoms with Crippen LogP contribution >= 0.6 is 0 Å². The first-order valence-electron chi connectivity index (χ1n) is 5.78. The molecule has 0 amide bonds. The predicted molar refractivity (Wildman–Crippen MR) is 59.3 cm³/mol. The molecule has 1 unspecified atom stereocenters. The molecule has 14 heavy (non-hydrogen) atoms. The second-order valence-electron chi connectivity index (χ2n) is 4.57. The van der Waals surface area contributed by atoms with Crippen LogP contribution in [0.5, 0.6) is 0 Å². The Morgan fingerprint density at radius 2 is 1.93 bits per heavy atom. The molecule has 2 nitrogen and oxygen atoms in total. The molecule has 0 aromatic heterocycles. The maximum atomic E-state index is 10.5. The molecule has 84 valence electrons. The lowest BCUT2D eigenvalue weighted by Crippen LogP contribution is -2.07. The number of rotatable bonds is 8. The lowest BCUT2D eigenvalue weighted by Gasteiger charge is -2.17. The van der Waals surface area contributed by atoms with E-state index in [0.29, 0.717) is 18.3 Å². The van der Waals surface area contributed by atoms with Gasteiger partial charge in [-0.15, -0.1) is 0 Å². The SMILES string of the molecule is CCCCC(CCC(=O)O)CC(C)C. The molecule has 0 aromatic carbocycles. The van der Waals surface area contributed by atoms with Gasteiger partial charge >= 0.3 is 5.97 Å². The van der Waals surface area contributed by atoms with Crippen molar-refractivity contribution in [3.63, 3.8) is 0 Å². The Hall–Kier alpha value is -0.530. The minimum absolute atomic E-state index is 0.334. The molecule has 1 N–H and O–H groups in total. The summed E-state index contributed by atoms with van der Waals surface area (Å²) in [6.45, 7) is 6.60. The minimum Gasteiger partial charge on any atom is -0.481 e. The second kappa shape index (κ2) is 7.84. The van der Waals surface area contributed by atoms with Crippen molar-refractivity contribution in [2.24, 2.45) is 11.8 Å². The van der Waals surface area contributed by atoms with Crippen molar-refractivity contribution in [3.8, 4) is 0 Å². The highest BCUT2D eigenvalue weighted by Gasteiger charge is 2.12. The largest absolute Gasteiger partial charge is 0.481 e. The van der Waals surface area contributed by atoms with Gasteiger partial charge in [-0.05, 0) is 24.7 Å². The summed E-state index contributed by atoms with van der Waals surface area (Å²) in [7, 11) is 0. The summed E-state index contributed by atoms with van der Waals surface area (Å²) in [6, 6.07) is 0. The van der Waals surface area contributed by atoms with Crippen LogP contribution in [0.4, 0.5) is 0 Å². The molecule has 0 rings (SSSR count). The average Bonchev–Trinajstić information content (AvgIpc) is 2.09. The van der Waals surface area contributed by atoms with Crippen molar-refractivity contribution < 1.29 is 9.90 Å². The number of unbranched alkanes of at least 4 members (excludes halogenated alkanes) is 1. The molecule has 0 radical (unpaired) electrons. The van der Waals surface area contributed by atoms with E-state index in [9.17, 15) is 4.79 Å². The summed E-state index contributed by atoms with van der Waals surface area (Å²) in [5, 5.41) is 8.62. The van der Waals surface area contributed by atoms with Crippen LogP contribution in [0.25, 0.3) is 0 Å². The molecular formula is C12H24O2. The van der Waals surface area contributed by atoms with Crippen molar-refractivity contribution in [3.05, 3.63) is 0 Å². The molecule has 0 aromatic rings. The summed E-state index contributed by atoms with van der Waals surface area (Å²) in [6.07, 6.45) is 6.00. The summed E-state index contributed by atoms with van der Waals surface area (Å²) in [5.41, 5.74) is 0. The zero-order chi connectivity index (χ0) is 11.0. The van der Waals surface area contributed by atoms with Gasteiger partial charge in [0.15, 0.2) is 0 Å². The maximum absolute atomic E-state index is 10.5.